The van der Waals surface area contributed by atoms with Crippen molar-refractivity contribution in [1.82, 2.24) is 0 Å². The third kappa shape index (κ3) is 18.7. The number of hydrogen-bond acceptors (Lipinski definition) is 6. The van der Waals surface area contributed by atoms with Crippen LogP contribution in [0.1, 0.15) is 96.8 Å². The van der Waals surface area contributed by atoms with E-state index in [0.717, 1.165) is 19.3 Å². The Balaban J connectivity index is 0. The maximum absolute atomic E-state index is 11.6. The van der Waals surface area contributed by atoms with E-state index in [9.17, 15) is 14.4 Å². The third-order valence-electron chi connectivity index (χ3n) is 4.38. The van der Waals surface area contributed by atoms with Crippen molar-refractivity contribution in [3.8, 4) is 0 Å². The van der Waals surface area contributed by atoms with E-state index in [1.165, 1.54) is 58.5 Å². The van der Waals surface area contributed by atoms with Crippen molar-refractivity contribution >= 4 is 47.5 Å². The van der Waals surface area contributed by atoms with Gasteiger partial charge in [0, 0.05) is 12.8 Å². The van der Waals surface area contributed by atoms with E-state index in [0.29, 0.717) is 0 Å². The Bertz CT molecular complexity index is 404. The number of nitrogens with two attached hydrogens (primary N) is 1. The van der Waals surface area contributed by atoms with Crippen LogP contribution in [0, 0.1) is 0 Å². The van der Waals surface area contributed by atoms with Crippen LogP contribution in [0.2, 0.25) is 0 Å². The molecule has 0 radical (unpaired) electrons. The van der Waals surface area contributed by atoms with Crippen molar-refractivity contribution in [2.24, 2.45) is 5.73 Å². The van der Waals surface area contributed by atoms with Gasteiger partial charge in [-0.1, -0.05) is 71.1 Å². The number of methoxy groups -OCH3 is 1. The van der Waals surface area contributed by atoms with E-state index in [4.69, 9.17) is 10.5 Å². The van der Waals surface area contributed by atoms with Crippen molar-refractivity contribution in [1.29, 1.82) is 0 Å². The molecule has 0 spiro atoms. The van der Waals surface area contributed by atoms with E-state index in [1.54, 1.807) is 0 Å². The number of hydrogen-bond donors (Lipinski definition) is 1. The van der Waals surface area contributed by atoms with Gasteiger partial charge in [0.25, 0.3) is 0 Å². The standard InChI is InChI=1S/C20H37NO5.Na.H/c1-3-4-5-6-7-8-9-10-11-12-13-14-18(22)26-19(23)16-15-17(21)20(24)25-2;;/h17H,3-16,21H2,1-2H3;;. The molecule has 0 aromatic carbocycles. The van der Waals surface area contributed by atoms with Crippen molar-refractivity contribution < 1.29 is 23.9 Å². The zero-order chi connectivity index (χ0) is 19.6. The van der Waals surface area contributed by atoms with E-state index in [2.05, 4.69) is 11.7 Å². The first kappa shape index (κ1) is 28.8. The molecule has 0 fully saturated rings. The number of carbonyl (C=O) groups excluding carboxylic acids is 3. The molecule has 6 nitrogen and oxygen atoms in total. The molecule has 0 aliphatic heterocycles. The zero-order valence-electron chi connectivity index (χ0n) is 16.6. The monoisotopic (exact) mass is 395 g/mol. The summed E-state index contributed by atoms with van der Waals surface area (Å²) >= 11 is 0. The van der Waals surface area contributed by atoms with E-state index >= 15 is 0 Å². The van der Waals surface area contributed by atoms with Crippen molar-refractivity contribution in [3.05, 3.63) is 0 Å². The molecule has 0 aliphatic carbocycles. The fourth-order valence-corrected chi connectivity index (χ4v) is 2.71. The summed E-state index contributed by atoms with van der Waals surface area (Å²) in [5, 5.41) is 0. The van der Waals surface area contributed by atoms with Crippen molar-refractivity contribution in [2.45, 2.75) is 103 Å². The second kappa shape index (κ2) is 20.3. The van der Waals surface area contributed by atoms with Gasteiger partial charge in [0.15, 0.2) is 0 Å². The Morgan fingerprint density at radius 2 is 1.22 bits per heavy atom. The van der Waals surface area contributed by atoms with Crippen LogP contribution in [0.3, 0.4) is 0 Å². The van der Waals surface area contributed by atoms with Gasteiger partial charge < -0.3 is 15.2 Å². The van der Waals surface area contributed by atoms with E-state index in [-0.39, 0.29) is 48.8 Å². The molecule has 1 atom stereocenters. The average molecular weight is 396 g/mol. The molecule has 0 heterocycles. The zero-order valence-corrected chi connectivity index (χ0v) is 16.6. The summed E-state index contributed by atoms with van der Waals surface area (Å²) in [7, 11) is 1.23. The number of rotatable bonds is 16. The molecule has 0 aromatic heterocycles. The summed E-state index contributed by atoms with van der Waals surface area (Å²) in [6.07, 6.45) is 13.5. The first-order chi connectivity index (χ1) is 12.5. The molecule has 0 aromatic rings. The van der Waals surface area contributed by atoms with Crippen molar-refractivity contribution in [2.75, 3.05) is 7.11 Å². The minimum absolute atomic E-state index is 0. The summed E-state index contributed by atoms with van der Waals surface area (Å²) in [6.45, 7) is 2.23. The molecule has 7 heteroatoms. The minimum atomic E-state index is -0.866. The second-order valence-electron chi connectivity index (χ2n) is 6.80. The summed E-state index contributed by atoms with van der Waals surface area (Å²) in [6, 6.07) is -0.866. The average Bonchev–Trinajstić information content (AvgIpc) is 2.63. The fraction of sp³-hybridized carbons (Fsp3) is 0.850. The van der Waals surface area contributed by atoms with Gasteiger partial charge >= 0.3 is 47.5 Å². The molecule has 2 N–H and O–H groups in total. The van der Waals surface area contributed by atoms with Crippen LogP contribution in [-0.4, -0.2) is 60.6 Å². The number of ether oxygens (including phenoxy) is 2. The first-order valence-electron chi connectivity index (χ1n) is 10.1. The maximum atomic E-state index is 11.6. The predicted octanol–water partition coefficient (Wildman–Crippen LogP) is 3.39. The molecule has 0 rings (SSSR count). The number of unbranched alkanes of at least 4 members (excludes halogenated alkanes) is 10. The molecular weight excluding hydrogens is 357 g/mol. The van der Waals surface area contributed by atoms with Crippen LogP contribution in [0.5, 0.6) is 0 Å². The van der Waals surface area contributed by atoms with Crippen LogP contribution >= 0.6 is 0 Å². The van der Waals surface area contributed by atoms with Gasteiger partial charge in [0.1, 0.15) is 6.04 Å². The van der Waals surface area contributed by atoms with Gasteiger partial charge in [-0.25, -0.2) is 0 Å². The van der Waals surface area contributed by atoms with Crippen LogP contribution in [0.4, 0.5) is 0 Å². The van der Waals surface area contributed by atoms with Gasteiger partial charge in [-0.3, -0.25) is 14.4 Å². The van der Waals surface area contributed by atoms with Gasteiger partial charge in [-0.05, 0) is 12.8 Å². The third-order valence-corrected chi connectivity index (χ3v) is 4.38. The Morgan fingerprint density at radius 3 is 1.70 bits per heavy atom. The number of esters is 3. The van der Waals surface area contributed by atoms with Crippen LogP contribution in [0.25, 0.3) is 0 Å². The van der Waals surface area contributed by atoms with Gasteiger partial charge in [0.05, 0.1) is 7.11 Å². The SMILES string of the molecule is CCCCCCCCCCCCCC(=O)OC(=O)CCC(N)C(=O)OC.[NaH]. The van der Waals surface area contributed by atoms with Gasteiger partial charge in [-0.2, -0.15) is 0 Å². The fourth-order valence-electron chi connectivity index (χ4n) is 2.71. The van der Waals surface area contributed by atoms with Crippen LogP contribution in [0.15, 0.2) is 0 Å². The summed E-state index contributed by atoms with van der Waals surface area (Å²) < 4.78 is 9.19. The Labute approximate surface area is 186 Å². The van der Waals surface area contributed by atoms with E-state index < -0.39 is 23.9 Å². The number of carbonyl (C=O) groups is 3. The molecule has 0 aliphatic rings. The molecule has 0 amide bonds. The van der Waals surface area contributed by atoms with Crippen LogP contribution in [-0.2, 0) is 23.9 Å². The molecule has 0 bridgehead atoms. The van der Waals surface area contributed by atoms with Gasteiger partial charge in [-0.15, -0.1) is 0 Å². The molecule has 0 saturated carbocycles. The molecule has 0 saturated heterocycles. The topological polar surface area (TPSA) is 95.7 Å². The molecular formula is C20H38NNaO5. The Hall–Kier alpha value is -0.430. The summed E-state index contributed by atoms with van der Waals surface area (Å²) in [5.41, 5.74) is 5.52. The quantitative estimate of drug-likeness (QED) is 0.186. The Morgan fingerprint density at radius 1 is 0.778 bits per heavy atom. The second-order valence-corrected chi connectivity index (χ2v) is 6.80. The molecule has 154 valence electrons. The van der Waals surface area contributed by atoms with Crippen LogP contribution < -0.4 is 5.73 Å². The summed E-state index contributed by atoms with van der Waals surface area (Å²) in [4.78, 5) is 34.2. The Kier molecular flexibility index (Phi) is 21.6. The first-order valence-corrected chi connectivity index (χ1v) is 10.1. The normalized spacial score (nSPS) is 11.4. The van der Waals surface area contributed by atoms with Crippen molar-refractivity contribution in [3.63, 3.8) is 0 Å². The summed E-state index contributed by atoms with van der Waals surface area (Å²) in [5.74, 6) is -1.72. The molecule has 27 heavy (non-hydrogen) atoms. The van der Waals surface area contributed by atoms with E-state index in [1.807, 2.05) is 0 Å². The van der Waals surface area contributed by atoms with Gasteiger partial charge in [0.2, 0.25) is 0 Å². The molecule has 1 unspecified atom stereocenters. The predicted molar refractivity (Wildman–Crippen MR) is 109 cm³/mol.